The quantitative estimate of drug-likeness (QED) is 0.556. The number of ether oxygens (including phenoxy) is 1. The van der Waals surface area contributed by atoms with Crippen molar-refractivity contribution in [3.05, 3.63) is 65.9 Å². The third-order valence-electron chi connectivity index (χ3n) is 3.25. The number of carbonyl (C=O) groups excluding carboxylic acids is 1. The molecule has 0 aliphatic rings. The lowest BCUT2D eigenvalue weighted by atomic mass is 10.2. The molecule has 2 aromatic carbocycles. The zero-order valence-corrected chi connectivity index (χ0v) is 12.7. The Morgan fingerprint density at radius 2 is 1.88 bits per heavy atom. The molecule has 0 fully saturated rings. The topological polar surface area (TPSA) is 66.5 Å². The molecule has 0 atom stereocenters. The maximum atomic E-state index is 12.2. The summed E-state index contributed by atoms with van der Waals surface area (Å²) in [4.78, 5) is 14.9. The summed E-state index contributed by atoms with van der Waals surface area (Å²) >= 11 is 0. The Bertz CT molecular complexity index is 918. The lowest BCUT2D eigenvalue weighted by molar-refractivity contribution is -0.274. The minimum absolute atomic E-state index is 0.171. The molecule has 0 bridgehead atoms. The van der Waals surface area contributed by atoms with Gasteiger partial charge in [-0.3, -0.25) is 4.79 Å². The van der Waals surface area contributed by atoms with E-state index >= 15 is 0 Å². The van der Waals surface area contributed by atoms with Crippen molar-refractivity contribution in [2.24, 2.45) is 5.10 Å². The summed E-state index contributed by atoms with van der Waals surface area (Å²) in [5.41, 5.74) is 3.84. The van der Waals surface area contributed by atoms with Crippen LogP contribution in [0, 0.1) is 0 Å². The number of hydrazone groups is 1. The van der Waals surface area contributed by atoms with Gasteiger partial charge in [-0.2, -0.15) is 5.10 Å². The molecule has 0 saturated carbocycles. The fourth-order valence-corrected chi connectivity index (χ4v) is 2.19. The summed E-state index contributed by atoms with van der Waals surface area (Å²) in [5.74, 6) is -0.866. The molecule has 8 heteroatoms. The monoisotopic (exact) mass is 347 g/mol. The van der Waals surface area contributed by atoms with E-state index in [0.29, 0.717) is 10.9 Å². The van der Waals surface area contributed by atoms with Crippen LogP contribution in [-0.2, 0) is 0 Å². The van der Waals surface area contributed by atoms with Crippen molar-refractivity contribution >= 4 is 23.0 Å². The van der Waals surface area contributed by atoms with Crippen LogP contribution in [0.15, 0.2) is 59.7 Å². The van der Waals surface area contributed by atoms with Gasteiger partial charge in [-0.1, -0.05) is 30.3 Å². The first-order valence-corrected chi connectivity index (χ1v) is 7.18. The smallest absolute Gasteiger partial charge is 0.406 e. The minimum atomic E-state index is -4.77. The Balaban J connectivity index is 1.72. The van der Waals surface area contributed by atoms with E-state index in [1.807, 2.05) is 30.3 Å². The number of fused-ring (bicyclic) bond motifs is 1. The molecule has 0 aliphatic heterocycles. The van der Waals surface area contributed by atoms with Gasteiger partial charge in [0.15, 0.2) is 0 Å². The molecule has 3 rings (SSSR count). The minimum Gasteiger partial charge on any atom is -0.406 e. The molecule has 0 unspecified atom stereocenters. The highest BCUT2D eigenvalue weighted by molar-refractivity contribution is 5.98. The molecular formula is C17H12F3N3O2. The summed E-state index contributed by atoms with van der Waals surface area (Å²) in [5, 5.41) is 4.25. The van der Waals surface area contributed by atoms with Crippen molar-refractivity contribution in [3.8, 4) is 5.75 Å². The summed E-state index contributed by atoms with van der Waals surface area (Å²) in [6.45, 7) is 0. The third-order valence-corrected chi connectivity index (χ3v) is 3.25. The van der Waals surface area contributed by atoms with Gasteiger partial charge >= 0.3 is 6.36 Å². The first-order valence-electron chi connectivity index (χ1n) is 7.18. The molecule has 2 N–H and O–H groups in total. The average molecular weight is 347 g/mol. The molecule has 5 nitrogen and oxygen atoms in total. The van der Waals surface area contributed by atoms with Gasteiger partial charge < -0.3 is 9.72 Å². The number of rotatable bonds is 4. The molecule has 3 aromatic rings. The Morgan fingerprint density at radius 1 is 1.12 bits per heavy atom. The van der Waals surface area contributed by atoms with E-state index in [2.05, 4.69) is 20.2 Å². The van der Waals surface area contributed by atoms with E-state index < -0.39 is 12.3 Å². The highest BCUT2D eigenvalue weighted by atomic mass is 19.4. The Hall–Kier alpha value is -3.29. The first-order chi connectivity index (χ1) is 11.9. The van der Waals surface area contributed by atoms with E-state index in [1.54, 1.807) is 0 Å². The van der Waals surface area contributed by atoms with Gasteiger partial charge in [-0.15, -0.1) is 13.2 Å². The molecule has 0 radical (unpaired) electrons. The fourth-order valence-electron chi connectivity index (χ4n) is 2.19. The van der Waals surface area contributed by atoms with E-state index in [4.69, 9.17) is 0 Å². The zero-order chi connectivity index (χ0) is 17.9. The summed E-state index contributed by atoms with van der Waals surface area (Å²) < 4.78 is 40.6. The number of halogens is 3. The van der Waals surface area contributed by atoms with Crippen molar-refractivity contribution < 1.29 is 22.7 Å². The van der Waals surface area contributed by atoms with Crippen LogP contribution < -0.4 is 10.2 Å². The number of benzene rings is 2. The molecule has 1 aromatic heterocycles. The maximum Gasteiger partial charge on any atom is 0.573 e. The van der Waals surface area contributed by atoms with Gasteiger partial charge in [-0.05, 0) is 29.8 Å². The second-order valence-electron chi connectivity index (χ2n) is 5.09. The van der Waals surface area contributed by atoms with Crippen molar-refractivity contribution in [2.45, 2.75) is 6.36 Å². The number of nitrogens with zero attached hydrogens (tertiary/aromatic N) is 1. The van der Waals surface area contributed by atoms with Crippen LogP contribution in [0.3, 0.4) is 0 Å². The van der Waals surface area contributed by atoms with Gasteiger partial charge in [0.2, 0.25) is 0 Å². The molecule has 128 valence electrons. The molecule has 1 amide bonds. The third kappa shape index (κ3) is 4.37. The SMILES string of the molecule is O=C(N/N=C\c1ccccc1)c1cc2cc(OC(F)(F)F)ccc2[nH]1. The molecular weight excluding hydrogens is 335 g/mol. The van der Waals surface area contributed by atoms with Crippen LogP contribution in [0.2, 0.25) is 0 Å². The zero-order valence-electron chi connectivity index (χ0n) is 12.7. The fraction of sp³-hybridized carbons (Fsp3) is 0.0588. The van der Waals surface area contributed by atoms with Gasteiger partial charge in [-0.25, -0.2) is 5.43 Å². The first kappa shape index (κ1) is 16.6. The van der Waals surface area contributed by atoms with Gasteiger partial charge in [0.1, 0.15) is 11.4 Å². The van der Waals surface area contributed by atoms with Crippen molar-refractivity contribution in [3.63, 3.8) is 0 Å². The normalized spacial score (nSPS) is 11.8. The predicted octanol–water partition coefficient (Wildman–Crippen LogP) is 3.83. The number of nitrogens with one attached hydrogen (secondary N) is 2. The van der Waals surface area contributed by atoms with Crippen LogP contribution in [0.4, 0.5) is 13.2 Å². The van der Waals surface area contributed by atoms with Crippen LogP contribution in [0.5, 0.6) is 5.75 Å². The molecule has 0 spiro atoms. The number of alkyl halides is 3. The number of amides is 1. The molecule has 25 heavy (non-hydrogen) atoms. The Kier molecular flexibility index (Phi) is 4.42. The predicted molar refractivity (Wildman–Crippen MR) is 86.5 cm³/mol. The van der Waals surface area contributed by atoms with Crippen LogP contribution in [0.1, 0.15) is 16.1 Å². The van der Waals surface area contributed by atoms with Gasteiger partial charge in [0.25, 0.3) is 5.91 Å². The maximum absolute atomic E-state index is 12.2. The highest BCUT2D eigenvalue weighted by Gasteiger charge is 2.31. The van der Waals surface area contributed by atoms with Crippen LogP contribution >= 0.6 is 0 Å². The number of hydrogen-bond donors (Lipinski definition) is 2. The summed E-state index contributed by atoms with van der Waals surface area (Å²) in [6, 6.07) is 14.4. The van der Waals surface area contributed by atoms with Crippen LogP contribution in [-0.4, -0.2) is 23.5 Å². The number of carbonyl (C=O) groups is 1. The lowest BCUT2D eigenvalue weighted by Crippen LogP contribution is -2.17. The van der Waals surface area contributed by atoms with E-state index in [0.717, 1.165) is 5.56 Å². The summed E-state index contributed by atoms with van der Waals surface area (Å²) in [6.07, 6.45) is -3.29. The number of hydrogen-bond acceptors (Lipinski definition) is 3. The van der Waals surface area contributed by atoms with E-state index in [-0.39, 0.29) is 11.4 Å². The van der Waals surface area contributed by atoms with E-state index in [1.165, 1.54) is 30.5 Å². The largest absolute Gasteiger partial charge is 0.573 e. The van der Waals surface area contributed by atoms with Gasteiger partial charge in [0, 0.05) is 10.9 Å². The van der Waals surface area contributed by atoms with E-state index in [9.17, 15) is 18.0 Å². The van der Waals surface area contributed by atoms with Gasteiger partial charge in [0.05, 0.1) is 6.21 Å². The standard InChI is InChI=1S/C17H12F3N3O2/c18-17(19,20)25-13-6-7-14-12(8-13)9-15(22-14)16(24)23-21-10-11-4-2-1-3-5-11/h1-10,22H,(H,23,24)/b21-10-. The number of aromatic amines is 1. The highest BCUT2D eigenvalue weighted by Crippen LogP contribution is 2.26. The molecule has 0 saturated heterocycles. The second-order valence-corrected chi connectivity index (χ2v) is 5.09. The van der Waals surface area contributed by atoms with Crippen molar-refractivity contribution in [1.29, 1.82) is 0 Å². The number of H-pyrrole nitrogens is 1. The number of aromatic nitrogens is 1. The lowest BCUT2D eigenvalue weighted by Gasteiger charge is -2.08. The second kappa shape index (κ2) is 6.68. The van der Waals surface area contributed by atoms with Crippen molar-refractivity contribution in [1.82, 2.24) is 10.4 Å². The van der Waals surface area contributed by atoms with Crippen LogP contribution in [0.25, 0.3) is 10.9 Å². The molecule has 0 aliphatic carbocycles. The van der Waals surface area contributed by atoms with Crippen molar-refractivity contribution in [2.75, 3.05) is 0 Å². The summed E-state index contributed by atoms with van der Waals surface area (Å²) in [7, 11) is 0. The average Bonchev–Trinajstić information content (AvgIpc) is 2.97. The Labute approximate surface area is 140 Å². The Morgan fingerprint density at radius 3 is 2.60 bits per heavy atom. The molecule has 1 heterocycles.